The summed E-state index contributed by atoms with van der Waals surface area (Å²) in [4.78, 5) is 8.61. The van der Waals surface area contributed by atoms with Gasteiger partial charge in [-0.25, -0.2) is 4.98 Å². The highest BCUT2D eigenvalue weighted by atomic mass is 32.2. The lowest BCUT2D eigenvalue weighted by Crippen LogP contribution is -2.28. The standard InChI is InChI=1S/C12H16N2OS/c15-12-8(5-9-6-13-7-14-9)1-2-11-10(12)3-4-16-11/h6-8,12,15H,1-5H2,(H,13,14). The molecule has 1 aliphatic heterocycles. The maximum absolute atomic E-state index is 10.3. The number of allylic oxidation sites excluding steroid dienone is 1. The molecule has 2 aliphatic rings. The van der Waals surface area contributed by atoms with Crippen LogP contribution in [0.15, 0.2) is 23.0 Å². The SMILES string of the molecule is OC1C2=C(CCC1Cc1cnc[nH]1)SCC2. The second kappa shape index (κ2) is 4.26. The Morgan fingerprint density at radius 3 is 3.25 bits per heavy atom. The zero-order valence-electron chi connectivity index (χ0n) is 9.15. The van der Waals surface area contributed by atoms with E-state index in [4.69, 9.17) is 0 Å². The molecule has 3 rings (SSSR count). The van der Waals surface area contributed by atoms with Gasteiger partial charge in [-0.15, -0.1) is 11.8 Å². The van der Waals surface area contributed by atoms with E-state index in [9.17, 15) is 5.11 Å². The van der Waals surface area contributed by atoms with Gasteiger partial charge in [-0.2, -0.15) is 0 Å². The topological polar surface area (TPSA) is 48.9 Å². The summed E-state index contributed by atoms with van der Waals surface area (Å²) in [5.41, 5.74) is 2.46. The second-order valence-corrected chi connectivity index (χ2v) is 5.76. The minimum absolute atomic E-state index is 0.220. The lowest BCUT2D eigenvalue weighted by Gasteiger charge is -2.29. The van der Waals surface area contributed by atoms with Gasteiger partial charge in [0.1, 0.15) is 0 Å². The number of nitrogens with zero attached hydrogens (tertiary/aromatic N) is 1. The Balaban J connectivity index is 1.74. The molecule has 0 aromatic carbocycles. The molecule has 1 aromatic heterocycles. The van der Waals surface area contributed by atoms with E-state index in [1.807, 2.05) is 18.0 Å². The second-order valence-electron chi connectivity index (χ2n) is 4.57. The zero-order chi connectivity index (χ0) is 11.0. The lowest BCUT2D eigenvalue weighted by atomic mass is 9.82. The van der Waals surface area contributed by atoms with Gasteiger partial charge < -0.3 is 10.1 Å². The lowest BCUT2D eigenvalue weighted by molar-refractivity contribution is 0.125. The molecule has 4 heteroatoms. The van der Waals surface area contributed by atoms with Crippen LogP contribution in [0.3, 0.4) is 0 Å². The van der Waals surface area contributed by atoms with Gasteiger partial charge >= 0.3 is 0 Å². The van der Waals surface area contributed by atoms with Crippen LogP contribution in [-0.2, 0) is 6.42 Å². The minimum atomic E-state index is -0.220. The Hall–Kier alpha value is -0.740. The largest absolute Gasteiger partial charge is 0.388 e. The molecule has 1 aromatic rings. The van der Waals surface area contributed by atoms with Gasteiger partial charge in [-0.05, 0) is 42.1 Å². The fraction of sp³-hybridized carbons (Fsp3) is 0.583. The maximum atomic E-state index is 10.3. The number of aliphatic hydroxyl groups excluding tert-OH is 1. The van der Waals surface area contributed by atoms with E-state index >= 15 is 0 Å². The monoisotopic (exact) mass is 236 g/mol. The van der Waals surface area contributed by atoms with Crippen molar-refractivity contribution in [3.05, 3.63) is 28.7 Å². The number of rotatable bonds is 2. The Morgan fingerprint density at radius 1 is 1.50 bits per heavy atom. The van der Waals surface area contributed by atoms with Crippen LogP contribution in [0.1, 0.15) is 25.0 Å². The van der Waals surface area contributed by atoms with Crippen LogP contribution in [0.5, 0.6) is 0 Å². The summed E-state index contributed by atoms with van der Waals surface area (Å²) in [6.45, 7) is 0. The number of hydrogen-bond acceptors (Lipinski definition) is 3. The molecule has 2 heterocycles. The molecular weight excluding hydrogens is 220 g/mol. The van der Waals surface area contributed by atoms with Gasteiger partial charge in [-0.1, -0.05) is 0 Å². The summed E-state index contributed by atoms with van der Waals surface area (Å²) in [6, 6.07) is 0. The van der Waals surface area contributed by atoms with E-state index in [0.29, 0.717) is 5.92 Å². The molecule has 0 saturated heterocycles. The van der Waals surface area contributed by atoms with Crippen molar-refractivity contribution >= 4 is 11.8 Å². The highest BCUT2D eigenvalue weighted by Crippen LogP contribution is 2.43. The van der Waals surface area contributed by atoms with Gasteiger partial charge in [-0.3, -0.25) is 0 Å². The Morgan fingerprint density at radius 2 is 2.44 bits per heavy atom. The average Bonchev–Trinajstić information content (AvgIpc) is 2.93. The number of nitrogens with one attached hydrogen (secondary N) is 1. The van der Waals surface area contributed by atoms with E-state index < -0.39 is 0 Å². The van der Waals surface area contributed by atoms with E-state index in [2.05, 4.69) is 9.97 Å². The summed E-state index contributed by atoms with van der Waals surface area (Å²) >= 11 is 1.94. The van der Waals surface area contributed by atoms with Crippen molar-refractivity contribution in [2.45, 2.75) is 31.8 Å². The normalized spacial score (nSPS) is 29.6. The van der Waals surface area contributed by atoms with Crippen LogP contribution < -0.4 is 0 Å². The number of imidazole rings is 1. The van der Waals surface area contributed by atoms with Gasteiger partial charge in [0.05, 0.1) is 12.4 Å². The van der Waals surface area contributed by atoms with Crippen molar-refractivity contribution < 1.29 is 5.11 Å². The smallest absolute Gasteiger partial charge is 0.0921 e. The van der Waals surface area contributed by atoms with Crippen molar-refractivity contribution in [3.8, 4) is 0 Å². The Bertz CT molecular complexity index is 399. The van der Waals surface area contributed by atoms with Crippen LogP contribution in [-0.4, -0.2) is 26.9 Å². The first-order chi connectivity index (χ1) is 7.84. The molecule has 0 bridgehead atoms. The van der Waals surface area contributed by atoms with Crippen molar-refractivity contribution in [3.63, 3.8) is 0 Å². The molecule has 2 unspecified atom stereocenters. The number of H-pyrrole nitrogens is 1. The van der Waals surface area contributed by atoms with Crippen LogP contribution in [0, 0.1) is 5.92 Å². The molecule has 0 fully saturated rings. The van der Waals surface area contributed by atoms with Gasteiger partial charge in [0.15, 0.2) is 0 Å². The maximum Gasteiger partial charge on any atom is 0.0921 e. The fourth-order valence-electron chi connectivity index (χ4n) is 2.71. The molecular formula is C12H16N2OS. The predicted molar refractivity (Wildman–Crippen MR) is 65.1 cm³/mol. The van der Waals surface area contributed by atoms with Gasteiger partial charge in [0, 0.05) is 17.6 Å². The quantitative estimate of drug-likeness (QED) is 0.827. The number of aliphatic hydroxyl groups is 1. The molecule has 2 N–H and O–H groups in total. The number of thioether (sulfide) groups is 1. The first-order valence-corrected chi connectivity index (χ1v) is 6.83. The van der Waals surface area contributed by atoms with Crippen LogP contribution in [0.4, 0.5) is 0 Å². The molecule has 86 valence electrons. The first-order valence-electron chi connectivity index (χ1n) is 5.84. The first kappa shape index (κ1) is 10.4. The molecule has 16 heavy (non-hydrogen) atoms. The zero-order valence-corrected chi connectivity index (χ0v) is 9.96. The number of aromatic amines is 1. The third kappa shape index (κ3) is 1.80. The summed E-state index contributed by atoms with van der Waals surface area (Å²) < 4.78 is 0. The van der Waals surface area contributed by atoms with Crippen molar-refractivity contribution in [1.82, 2.24) is 9.97 Å². The summed E-state index contributed by atoms with van der Waals surface area (Å²) in [5, 5.41) is 10.3. The summed E-state index contributed by atoms with van der Waals surface area (Å²) in [7, 11) is 0. The minimum Gasteiger partial charge on any atom is -0.388 e. The van der Waals surface area contributed by atoms with Gasteiger partial charge in [0.2, 0.25) is 0 Å². The van der Waals surface area contributed by atoms with Crippen LogP contribution in [0.2, 0.25) is 0 Å². The molecule has 3 nitrogen and oxygen atoms in total. The molecule has 0 radical (unpaired) electrons. The third-order valence-corrected chi connectivity index (χ3v) is 4.81. The highest BCUT2D eigenvalue weighted by molar-refractivity contribution is 8.03. The van der Waals surface area contributed by atoms with Crippen molar-refractivity contribution in [2.75, 3.05) is 5.75 Å². The Kier molecular flexibility index (Phi) is 2.77. The van der Waals surface area contributed by atoms with Crippen molar-refractivity contribution in [1.29, 1.82) is 0 Å². The Labute approximate surface area is 99.4 Å². The van der Waals surface area contributed by atoms with Gasteiger partial charge in [0.25, 0.3) is 0 Å². The molecule has 0 amide bonds. The van der Waals surface area contributed by atoms with E-state index in [1.54, 1.807) is 6.33 Å². The van der Waals surface area contributed by atoms with Crippen LogP contribution in [0.25, 0.3) is 0 Å². The summed E-state index contributed by atoms with van der Waals surface area (Å²) in [6.07, 6.45) is 7.62. The average molecular weight is 236 g/mol. The molecule has 1 aliphatic carbocycles. The molecule has 2 atom stereocenters. The number of aromatic nitrogens is 2. The van der Waals surface area contributed by atoms with E-state index in [1.165, 1.54) is 16.2 Å². The van der Waals surface area contributed by atoms with Crippen molar-refractivity contribution in [2.24, 2.45) is 5.92 Å². The highest BCUT2D eigenvalue weighted by Gasteiger charge is 2.32. The summed E-state index contributed by atoms with van der Waals surface area (Å²) in [5.74, 6) is 1.54. The fourth-order valence-corrected chi connectivity index (χ4v) is 3.95. The third-order valence-electron chi connectivity index (χ3n) is 3.59. The van der Waals surface area contributed by atoms with Crippen LogP contribution >= 0.6 is 11.8 Å². The number of hydrogen-bond donors (Lipinski definition) is 2. The van der Waals surface area contributed by atoms with E-state index in [0.717, 1.165) is 31.4 Å². The molecule has 0 spiro atoms. The molecule has 0 saturated carbocycles. The van der Waals surface area contributed by atoms with E-state index in [-0.39, 0.29) is 6.10 Å². The predicted octanol–water partition coefficient (Wildman–Crippen LogP) is 2.11.